The topological polar surface area (TPSA) is 40.5 Å². The van der Waals surface area contributed by atoms with Crippen molar-refractivity contribution in [3.63, 3.8) is 0 Å². The minimum Gasteiger partial charge on any atom is -0.396 e. The molecule has 1 atom stereocenters. The largest absolute Gasteiger partial charge is 0.416 e. The van der Waals surface area contributed by atoms with Gasteiger partial charge in [-0.2, -0.15) is 26.3 Å². The lowest BCUT2D eigenvalue weighted by Gasteiger charge is -2.24. The summed E-state index contributed by atoms with van der Waals surface area (Å²) in [5, 5.41) is 9.78. The zero-order valence-corrected chi connectivity index (χ0v) is 17.5. The summed E-state index contributed by atoms with van der Waals surface area (Å²) >= 11 is 11.8. The average molecular weight is 488 g/mol. The lowest BCUT2D eigenvalue weighted by molar-refractivity contribution is -0.143. The number of alkyl halides is 6. The van der Waals surface area contributed by atoms with E-state index in [1.807, 2.05) is 0 Å². The van der Waals surface area contributed by atoms with Crippen LogP contribution < -0.4 is 4.90 Å². The first-order chi connectivity index (χ1) is 14.2. The molecule has 0 fully saturated rings. The number of aliphatic hydroxyl groups excluding tert-OH is 1. The van der Waals surface area contributed by atoms with Crippen LogP contribution in [0.5, 0.6) is 0 Å². The van der Waals surface area contributed by atoms with Crippen LogP contribution in [-0.4, -0.2) is 24.7 Å². The van der Waals surface area contributed by atoms with Crippen LogP contribution in [0.2, 0.25) is 10.0 Å². The van der Waals surface area contributed by atoms with Gasteiger partial charge in [-0.05, 0) is 48.2 Å². The first-order valence-corrected chi connectivity index (χ1v) is 9.61. The molecule has 0 saturated heterocycles. The number of anilines is 1. The van der Waals surface area contributed by atoms with E-state index >= 15 is 0 Å². The van der Waals surface area contributed by atoms with E-state index in [9.17, 15) is 36.2 Å². The van der Waals surface area contributed by atoms with E-state index in [0.717, 1.165) is 11.9 Å². The molecule has 0 aliphatic rings. The second-order valence-electron chi connectivity index (χ2n) is 6.80. The van der Waals surface area contributed by atoms with Gasteiger partial charge in [0.15, 0.2) is 0 Å². The highest BCUT2D eigenvalue weighted by Gasteiger charge is 2.37. The molecule has 0 spiro atoms. The Labute approximate surface area is 184 Å². The Balaban J connectivity index is 2.37. The standard InChI is InChI=1S/C20H17Cl2F6NO2/c1-29(15-9-13(19(23,24)25)8-14(10-15)20(26,27)28)18(31)7-12(4-5-30)11-2-3-16(21)17(22)6-11/h2-3,6,8-10,12,30H,4-5,7H2,1H3. The Kier molecular flexibility index (Phi) is 7.89. The third-order valence-corrected chi connectivity index (χ3v) is 5.39. The Morgan fingerprint density at radius 2 is 1.52 bits per heavy atom. The van der Waals surface area contributed by atoms with Crippen molar-refractivity contribution in [3.05, 3.63) is 63.1 Å². The Bertz CT molecular complexity index is 914. The number of halogens is 8. The number of amides is 1. The van der Waals surface area contributed by atoms with Crippen LogP contribution in [0.25, 0.3) is 0 Å². The van der Waals surface area contributed by atoms with E-state index in [2.05, 4.69) is 0 Å². The number of hydrogen-bond donors (Lipinski definition) is 1. The van der Waals surface area contributed by atoms with E-state index in [4.69, 9.17) is 23.2 Å². The summed E-state index contributed by atoms with van der Waals surface area (Å²) in [7, 11) is 1.09. The highest BCUT2D eigenvalue weighted by molar-refractivity contribution is 6.42. The van der Waals surface area contributed by atoms with E-state index in [-0.39, 0.29) is 35.6 Å². The molecule has 31 heavy (non-hydrogen) atoms. The van der Waals surface area contributed by atoms with Crippen LogP contribution in [0.3, 0.4) is 0 Å². The number of carbonyl (C=O) groups excluding carboxylic acids is 1. The molecular formula is C20H17Cl2F6NO2. The van der Waals surface area contributed by atoms with Gasteiger partial charge in [0, 0.05) is 25.8 Å². The van der Waals surface area contributed by atoms with Gasteiger partial charge in [-0.1, -0.05) is 29.3 Å². The van der Waals surface area contributed by atoms with Gasteiger partial charge >= 0.3 is 12.4 Å². The lowest BCUT2D eigenvalue weighted by Crippen LogP contribution is -2.28. The fourth-order valence-corrected chi connectivity index (χ4v) is 3.24. The van der Waals surface area contributed by atoms with Gasteiger partial charge in [0.05, 0.1) is 21.2 Å². The highest BCUT2D eigenvalue weighted by atomic mass is 35.5. The normalized spacial score (nSPS) is 13.2. The molecule has 0 aromatic heterocycles. The summed E-state index contributed by atoms with van der Waals surface area (Å²) in [5.74, 6) is -1.32. The van der Waals surface area contributed by atoms with Gasteiger partial charge < -0.3 is 10.0 Å². The minimum atomic E-state index is -5.03. The van der Waals surface area contributed by atoms with Gasteiger partial charge in [0.1, 0.15) is 0 Å². The smallest absolute Gasteiger partial charge is 0.396 e. The van der Waals surface area contributed by atoms with E-state index in [1.165, 1.54) is 12.1 Å². The van der Waals surface area contributed by atoms with Gasteiger partial charge in [0.2, 0.25) is 5.91 Å². The Morgan fingerprint density at radius 1 is 0.968 bits per heavy atom. The van der Waals surface area contributed by atoms with Crippen molar-refractivity contribution in [3.8, 4) is 0 Å². The summed E-state index contributed by atoms with van der Waals surface area (Å²) in [4.78, 5) is 13.4. The van der Waals surface area contributed by atoms with E-state index in [0.29, 0.717) is 17.7 Å². The molecule has 0 radical (unpaired) electrons. The SMILES string of the molecule is CN(C(=O)CC(CCO)c1ccc(Cl)c(Cl)c1)c1cc(C(F)(F)F)cc(C(F)(F)F)c1. The Morgan fingerprint density at radius 3 is 1.97 bits per heavy atom. The van der Waals surface area contributed by atoms with Crippen molar-refractivity contribution in [2.24, 2.45) is 0 Å². The molecule has 1 unspecified atom stereocenters. The number of hydrogen-bond acceptors (Lipinski definition) is 2. The minimum absolute atomic E-state index is 0.00785. The molecular weight excluding hydrogens is 471 g/mol. The third kappa shape index (κ3) is 6.51. The van der Waals surface area contributed by atoms with Crippen LogP contribution in [0.4, 0.5) is 32.0 Å². The number of benzene rings is 2. The van der Waals surface area contributed by atoms with Crippen molar-refractivity contribution in [1.29, 1.82) is 0 Å². The number of rotatable bonds is 6. The van der Waals surface area contributed by atoms with Crippen LogP contribution in [0.1, 0.15) is 35.4 Å². The second kappa shape index (κ2) is 9.67. The molecule has 0 heterocycles. The third-order valence-electron chi connectivity index (χ3n) is 4.65. The number of carbonyl (C=O) groups is 1. The molecule has 2 aromatic rings. The Hall–Kier alpha value is -1.97. The van der Waals surface area contributed by atoms with Gasteiger partial charge in [0.25, 0.3) is 0 Å². The average Bonchev–Trinajstić information content (AvgIpc) is 2.67. The molecule has 170 valence electrons. The van der Waals surface area contributed by atoms with Crippen molar-refractivity contribution < 1.29 is 36.2 Å². The van der Waals surface area contributed by atoms with Crippen molar-refractivity contribution in [1.82, 2.24) is 0 Å². The first-order valence-electron chi connectivity index (χ1n) is 8.86. The maximum absolute atomic E-state index is 13.1. The maximum atomic E-state index is 13.1. The highest BCUT2D eigenvalue weighted by Crippen LogP contribution is 2.39. The fraction of sp³-hybridized carbons (Fsp3) is 0.350. The molecule has 2 aromatic carbocycles. The fourth-order valence-electron chi connectivity index (χ4n) is 2.93. The van der Waals surface area contributed by atoms with Gasteiger partial charge in [-0.3, -0.25) is 4.79 Å². The van der Waals surface area contributed by atoms with Crippen LogP contribution in [-0.2, 0) is 17.1 Å². The number of aliphatic hydroxyl groups is 1. The molecule has 2 rings (SSSR count). The summed E-state index contributed by atoms with van der Waals surface area (Å²) in [5.41, 5.74) is -3.05. The van der Waals surface area contributed by atoms with E-state index < -0.39 is 41.0 Å². The molecule has 1 N–H and O–H groups in total. The molecule has 0 bridgehead atoms. The summed E-state index contributed by atoms with van der Waals surface area (Å²) in [6.07, 6.45) is -10.2. The number of nitrogens with zero attached hydrogens (tertiary/aromatic N) is 1. The second-order valence-corrected chi connectivity index (χ2v) is 7.62. The van der Waals surface area contributed by atoms with Crippen LogP contribution in [0, 0.1) is 0 Å². The predicted octanol–water partition coefficient (Wildman–Crippen LogP) is 6.55. The van der Waals surface area contributed by atoms with Crippen molar-refractivity contribution in [2.45, 2.75) is 31.1 Å². The molecule has 11 heteroatoms. The molecule has 0 aliphatic carbocycles. The van der Waals surface area contributed by atoms with Crippen molar-refractivity contribution >= 4 is 34.8 Å². The molecule has 3 nitrogen and oxygen atoms in total. The molecule has 0 saturated carbocycles. The van der Waals surface area contributed by atoms with Gasteiger partial charge in [-0.15, -0.1) is 0 Å². The summed E-state index contributed by atoms with van der Waals surface area (Å²) < 4.78 is 78.5. The lowest BCUT2D eigenvalue weighted by atomic mass is 9.92. The van der Waals surface area contributed by atoms with Crippen LogP contribution in [0.15, 0.2) is 36.4 Å². The summed E-state index contributed by atoms with van der Waals surface area (Å²) in [6, 6.07) is 5.50. The van der Waals surface area contributed by atoms with Crippen LogP contribution >= 0.6 is 23.2 Å². The first kappa shape index (κ1) is 25.3. The molecule has 1 amide bonds. The zero-order chi connectivity index (χ0) is 23.6. The van der Waals surface area contributed by atoms with Gasteiger partial charge in [-0.25, -0.2) is 0 Å². The predicted molar refractivity (Wildman–Crippen MR) is 105 cm³/mol. The van der Waals surface area contributed by atoms with Crippen molar-refractivity contribution in [2.75, 3.05) is 18.6 Å². The monoisotopic (exact) mass is 487 g/mol. The zero-order valence-electron chi connectivity index (χ0n) is 16.0. The molecule has 0 aliphatic heterocycles. The summed E-state index contributed by atoms with van der Waals surface area (Å²) in [6.45, 7) is -0.302. The quantitative estimate of drug-likeness (QED) is 0.469. The maximum Gasteiger partial charge on any atom is 0.416 e. The van der Waals surface area contributed by atoms with E-state index in [1.54, 1.807) is 6.07 Å².